The normalized spacial score (nSPS) is 11.4. The Morgan fingerprint density at radius 1 is 1.16 bits per heavy atom. The van der Waals surface area contributed by atoms with E-state index in [4.69, 9.17) is 5.84 Å². The molecule has 0 aliphatic carbocycles. The van der Waals surface area contributed by atoms with Gasteiger partial charge < -0.3 is 4.90 Å². The molecule has 2 aromatic carbocycles. The third-order valence-electron chi connectivity index (χ3n) is 2.92. The number of nitrogens with zero attached hydrogens (tertiary/aromatic N) is 1. The molecule has 0 heterocycles. The number of hydrogen-bond acceptors (Lipinski definition) is 3. The number of amides is 1. The SMILES string of the molecule is CN(C)/C(=C/c1ccc2ccccc2c1)C(=O)NN. The molecule has 0 aliphatic rings. The van der Waals surface area contributed by atoms with E-state index in [1.807, 2.05) is 56.6 Å². The molecular weight excluding hydrogens is 238 g/mol. The van der Waals surface area contributed by atoms with Crippen molar-refractivity contribution in [3.63, 3.8) is 0 Å². The lowest BCUT2D eigenvalue weighted by atomic mass is 10.1. The molecule has 0 atom stereocenters. The van der Waals surface area contributed by atoms with Gasteiger partial charge in [-0.25, -0.2) is 5.84 Å². The van der Waals surface area contributed by atoms with E-state index in [2.05, 4.69) is 11.5 Å². The van der Waals surface area contributed by atoms with Crippen molar-refractivity contribution in [3.8, 4) is 0 Å². The molecule has 4 heteroatoms. The largest absolute Gasteiger partial charge is 0.373 e. The summed E-state index contributed by atoms with van der Waals surface area (Å²) in [6.45, 7) is 0. The Morgan fingerprint density at radius 3 is 2.47 bits per heavy atom. The fourth-order valence-corrected chi connectivity index (χ4v) is 1.93. The van der Waals surface area contributed by atoms with Gasteiger partial charge in [0.05, 0.1) is 0 Å². The quantitative estimate of drug-likeness (QED) is 0.380. The Balaban J connectivity index is 2.45. The maximum Gasteiger partial charge on any atom is 0.281 e. The van der Waals surface area contributed by atoms with Crippen molar-refractivity contribution in [3.05, 3.63) is 53.7 Å². The van der Waals surface area contributed by atoms with E-state index < -0.39 is 0 Å². The number of rotatable bonds is 3. The van der Waals surface area contributed by atoms with E-state index in [-0.39, 0.29) is 5.91 Å². The van der Waals surface area contributed by atoms with Crippen molar-refractivity contribution in [2.75, 3.05) is 14.1 Å². The van der Waals surface area contributed by atoms with Gasteiger partial charge in [0.25, 0.3) is 5.91 Å². The minimum Gasteiger partial charge on any atom is -0.373 e. The summed E-state index contributed by atoms with van der Waals surface area (Å²) in [5, 5.41) is 2.32. The number of carbonyl (C=O) groups is 1. The fourth-order valence-electron chi connectivity index (χ4n) is 1.93. The van der Waals surface area contributed by atoms with Crippen molar-refractivity contribution >= 4 is 22.8 Å². The van der Waals surface area contributed by atoms with Gasteiger partial charge in [-0.3, -0.25) is 10.2 Å². The molecule has 4 nitrogen and oxygen atoms in total. The van der Waals surface area contributed by atoms with Crippen molar-refractivity contribution in [2.24, 2.45) is 5.84 Å². The van der Waals surface area contributed by atoms with E-state index in [1.54, 1.807) is 4.90 Å². The van der Waals surface area contributed by atoms with E-state index in [0.717, 1.165) is 10.9 Å². The lowest BCUT2D eigenvalue weighted by Gasteiger charge is -2.15. The van der Waals surface area contributed by atoms with Crippen LogP contribution in [0, 0.1) is 0 Å². The summed E-state index contributed by atoms with van der Waals surface area (Å²) in [6.07, 6.45) is 1.81. The lowest BCUT2D eigenvalue weighted by Crippen LogP contribution is -2.35. The average molecular weight is 255 g/mol. The Labute approximate surface area is 112 Å². The standard InChI is InChI=1S/C15H17N3O/c1-18(2)14(15(19)17-16)10-11-7-8-12-5-3-4-6-13(12)9-11/h3-10H,16H2,1-2H3,(H,17,19)/b14-10+. The van der Waals surface area contributed by atoms with Gasteiger partial charge >= 0.3 is 0 Å². The smallest absolute Gasteiger partial charge is 0.281 e. The highest BCUT2D eigenvalue weighted by Gasteiger charge is 2.09. The fraction of sp³-hybridized carbons (Fsp3) is 0.133. The van der Waals surface area contributed by atoms with E-state index >= 15 is 0 Å². The predicted octanol–water partition coefficient (Wildman–Crippen LogP) is 1.73. The first-order chi connectivity index (χ1) is 9.11. The summed E-state index contributed by atoms with van der Waals surface area (Å²) in [5.41, 5.74) is 3.63. The number of hydrazine groups is 1. The van der Waals surface area contributed by atoms with Crippen LogP contribution in [-0.2, 0) is 4.79 Å². The zero-order chi connectivity index (χ0) is 13.8. The summed E-state index contributed by atoms with van der Waals surface area (Å²) >= 11 is 0. The van der Waals surface area contributed by atoms with Crippen LogP contribution in [0.4, 0.5) is 0 Å². The van der Waals surface area contributed by atoms with Crippen LogP contribution in [-0.4, -0.2) is 24.9 Å². The Hall–Kier alpha value is -2.33. The third-order valence-corrected chi connectivity index (χ3v) is 2.92. The third kappa shape index (κ3) is 2.92. The van der Waals surface area contributed by atoms with Gasteiger partial charge in [-0.1, -0.05) is 36.4 Å². The molecule has 0 aromatic heterocycles. The zero-order valence-electron chi connectivity index (χ0n) is 11.1. The van der Waals surface area contributed by atoms with Gasteiger partial charge in [-0.15, -0.1) is 0 Å². The monoisotopic (exact) mass is 255 g/mol. The molecular formula is C15H17N3O. The molecule has 3 N–H and O–H groups in total. The highest BCUT2D eigenvalue weighted by atomic mass is 16.2. The second kappa shape index (κ2) is 5.54. The Morgan fingerprint density at radius 2 is 1.84 bits per heavy atom. The molecule has 0 spiro atoms. The number of fused-ring (bicyclic) bond motifs is 1. The number of nitrogens with one attached hydrogen (secondary N) is 1. The van der Waals surface area contributed by atoms with E-state index in [0.29, 0.717) is 5.70 Å². The first kappa shape index (κ1) is 13.1. The molecule has 0 bridgehead atoms. The van der Waals surface area contributed by atoms with E-state index in [1.165, 1.54) is 5.39 Å². The van der Waals surface area contributed by atoms with Crippen LogP contribution in [0.1, 0.15) is 5.56 Å². The summed E-state index contributed by atoms with van der Waals surface area (Å²) in [7, 11) is 3.62. The van der Waals surface area contributed by atoms with Crippen LogP contribution in [0.25, 0.3) is 16.8 Å². The molecule has 98 valence electrons. The molecule has 1 amide bonds. The Bertz CT molecular complexity index is 632. The van der Waals surface area contributed by atoms with Gasteiger partial charge in [-0.2, -0.15) is 0 Å². The number of carbonyl (C=O) groups excluding carboxylic acids is 1. The summed E-state index contributed by atoms with van der Waals surface area (Å²) in [6, 6.07) is 14.2. The topological polar surface area (TPSA) is 58.4 Å². The van der Waals surface area contributed by atoms with Crippen LogP contribution in [0.2, 0.25) is 0 Å². The van der Waals surface area contributed by atoms with Crippen LogP contribution in [0.15, 0.2) is 48.2 Å². The van der Waals surface area contributed by atoms with E-state index in [9.17, 15) is 4.79 Å². The Kier molecular flexibility index (Phi) is 3.82. The van der Waals surface area contributed by atoms with Crippen molar-refractivity contribution in [1.29, 1.82) is 0 Å². The molecule has 0 aliphatic heterocycles. The highest BCUT2D eigenvalue weighted by molar-refractivity contribution is 5.97. The molecule has 0 fully saturated rings. The van der Waals surface area contributed by atoms with Crippen LogP contribution in [0.5, 0.6) is 0 Å². The van der Waals surface area contributed by atoms with Crippen LogP contribution < -0.4 is 11.3 Å². The minimum atomic E-state index is -0.307. The second-order valence-corrected chi connectivity index (χ2v) is 4.50. The number of likely N-dealkylation sites (N-methyl/N-ethyl adjacent to an activating group) is 1. The van der Waals surface area contributed by atoms with Crippen molar-refractivity contribution in [1.82, 2.24) is 10.3 Å². The summed E-state index contributed by atoms with van der Waals surface area (Å²) < 4.78 is 0. The van der Waals surface area contributed by atoms with Gasteiger partial charge in [-0.05, 0) is 28.5 Å². The summed E-state index contributed by atoms with van der Waals surface area (Å²) in [4.78, 5) is 13.4. The lowest BCUT2D eigenvalue weighted by molar-refractivity contribution is -0.118. The first-order valence-electron chi connectivity index (χ1n) is 6.00. The average Bonchev–Trinajstić information content (AvgIpc) is 2.43. The van der Waals surface area contributed by atoms with Crippen molar-refractivity contribution in [2.45, 2.75) is 0 Å². The number of hydrogen-bond donors (Lipinski definition) is 2. The second-order valence-electron chi connectivity index (χ2n) is 4.50. The minimum absolute atomic E-state index is 0.307. The molecule has 2 aromatic rings. The van der Waals surface area contributed by atoms with Gasteiger partial charge in [0.1, 0.15) is 5.70 Å². The number of benzene rings is 2. The molecule has 19 heavy (non-hydrogen) atoms. The van der Waals surface area contributed by atoms with Crippen molar-refractivity contribution < 1.29 is 4.79 Å². The predicted molar refractivity (Wildman–Crippen MR) is 77.9 cm³/mol. The molecule has 0 unspecified atom stereocenters. The van der Waals surface area contributed by atoms with Gasteiger partial charge in [0.2, 0.25) is 0 Å². The van der Waals surface area contributed by atoms with Crippen LogP contribution in [0.3, 0.4) is 0 Å². The molecule has 0 saturated carbocycles. The van der Waals surface area contributed by atoms with Gasteiger partial charge in [0, 0.05) is 14.1 Å². The summed E-state index contributed by atoms with van der Waals surface area (Å²) in [5.74, 6) is 4.88. The zero-order valence-corrected chi connectivity index (χ0v) is 11.1. The van der Waals surface area contributed by atoms with Gasteiger partial charge in [0.15, 0.2) is 0 Å². The maximum atomic E-state index is 11.7. The number of nitrogens with two attached hydrogens (primary N) is 1. The molecule has 2 rings (SSSR count). The maximum absolute atomic E-state index is 11.7. The van der Waals surface area contributed by atoms with Crippen LogP contribution >= 0.6 is 0 Å². The molecule has 0 radical (unpaired) electrons. The first-order valence-corrected chi connectivity index (χ1v) is 6.00. The highest BCUT2D eigenvalue weighted by Crippen LogP contribution is 2.18. The molecule has 0 saturated heterocycles.